The van der Waals surface area contributed by atoms with E-state index in [4.69, 9.17) is 0 Å². The standard InChI is InChI=1S/C23H25FN6O3/c1-28(18-9-12-25-13-10-18)21-8-7-20(30(32)33)22(27-21)26-17-3-5-19(6-4-17)29-14-2-11-23(24,15-29)16-31/h3-10,12-13,31H,2,11,14-16H2,1H3,(H,26,27). The number of hydrogen-bond acceptors (Lipinski definition) is 8. The van der Waals surface area contributed by atoms with Crippen molar-refractivity contribution in [2.45, 2.75) is 18.5 Å². The summed E-state index contributed by atoms with van der Waals surface area (Å²) in [6, 6.07) is 13.8. The molecule has 0 bridgehead atoms. The summed E-state index contributed by atoms with van der Waals surface area (Å²) in [5.74, 6) is 0.648. The monoisotopic (exact) mass is 452 g/mol. The molecule has 1 aliphatic heterocycles. The zero-order chi connectivity index (χ0) is 23.4. The van der Waals surface area contributed by atoms with E-state index in [0.29, 0.717) is 30.9 Å². The molecule has 1 fully saturated rings. The maximum Gasteiger partial charge on any atom is 0.311 e. The Kier molecular flexibility index (Phi) is 6.36. The Labute approximate surface area is 190 Å². The summed E-state index contributed by atoms with van der Waals surface area (Å²) in [5.41, 5.74) is 0.538. The van der Waals surface area contributed by atoms with Crippen LogP contribution in [-0.4, -0.2) is 52.4 Å². The fourth-order valence-electron chi connectivity index (χ4n) is 3.90. The summed E-state index contributed by atoms with van der Waals surface area (Å²) in [4.78, 5) is 23.2. The van der Waals surface area contributed by atoms with Gasteiger partial charge in [-0.1, -0.05) is 0 Å². The summed E-state index contributed by atoms with van der Waals surface area (Å²) in [7, 11) is 1.82. The molecule has 0 aliphatic carbocycles. The van der Waals surface area contributed by atoms with Crippen LogP contribution in [0.15, 0.2) is 60.9 Å². The van der Waals surface area contributed by atoms with Crippen LogP contribution < -0.4 is 15.1 Å². The minimum atomic E-state index is -1.60. The third-order valence-electron chi connectivity index (χ3n) is 5.76. The molecule has 1 atom stereocenters. The first-order valence-electron chi connectivity index (χ1n) is 10.6. The number of benzene rings is 1. The molecule has 2 N–H and O–H groups in total. The van der Waals surface area contributed by atoms with Gasteiger partial charge in [-0.05, 0) is 55.3 Å². The number of piperidine rings is 1. The number of pyridine rings is 2. The van der Waals surface area contributed by atoms with E-state index in [1.54, 1.807) is 35.5 Å². The van der Waals surface area contributed by atoms with Crippen LogP contribution in [-0.2, 0) is 0 Å². The van der Waals surface area contributed by atoms with Crippen LogP contribution in [0.2, 0.25) is 0 Å². The first-order valence-corrected chi connectivity index (χ1v) is 10.6. The number of nitrogens with one attached hydrogen (secondary N) is 1. The quantitative estimate of drug-likeness (QED) is 0.406. The number of rotatable bonds is 7. The number of aliphatic hydroxyl groups excluding tert-OH is 1. The number of halogens is 1. The van der Waals surface area contributed by atoms with Crippen LogP contribution in [0.3, 0.4) is 0 Å². The van der Waals surface area contributed by atoms with Gasteiger partial charge >= 0.3 is 5.69 Å². The van der Waals surface area contributed by atoms with Crippen LogP contribution in [0.4, 0.5) is 38.8 Å². The second-order valence-electron chi connectivity index (χ2n) is 8.06. The van der Waals surface area contributed by atoms with Crippen molar-refractivity contribution in [1.82, 2.24) is 9.97 Å². The van der Waals surface area contributed by atoms with E-state index in [0.717, 1.165) is 11.4 Å². The van der Waals surface area contributed by atoms with Gasteiger partial charge in [-0.15, -0.1) is 0 Å². The molecule has 9 nitrogen and oxygen atoms in total. The summed E-state index contributed by atoms with van der Waals surface area (Å²) in [6.45, 7) is 0.338. The maximum atomic E-state index is 14.6. The minimum Gasteiger partial charge on any atom is -0.393 e. The fraction of sp³-hybridized carbons (Fsp3) is 0.304. The van der Waals surface area contributed by atoms with Gasteiger partial charge in [-0.3, -0.25) is 15.1 Å². The average Bonchev–Trinajstić information content (AvgIpc) is 2.84. The smallest absolute Gasteiger partial charge is 0.311 e. The number of nitrogens with zero attached hydrogens (tertiary/aromatic N) is 5. The topological polar surface area (TPSA) is 108 Å². The van der Waals surface area contributed by atoms with Gasteiger partial charge < -0.3 is 20.2 Å². The van der Waals surface area contributed by atoms with Gasteiger partial charge in [0.15, 0.2) is 5.67 Å². The predicted octanol–water partition coefficient (Wildman–Crippen LogP) is 4.20. The Morgan fingerprint density at radius 3 is 2.61 bits per heavy atom. The number of anilines is 5. The summed E-state index contributed by atoms with van der Waals surface area (Å²) < 4.78 is 14.6. The lowest BCUT2D eigenvalue weighted by Crippen LogP contribution is -2.47. The van der Waals surface area contributed by atoms with Crippen molar-refractivity contribution >= 4 is 34.4 Å². The molecule has 3 heterocycles. The Bertz CT molecular complexity index is 1110. The fourth-order valence-corrected chi connectivity index (χ4v) is 3.90. The Balaban J connectivity index is 1.56. The molecule has 1 saturated heterocycles. The van der Waals surface area contributed by atoms with Gasteiger partial charge in [0, 0.05) is 49.1 Å². The summed E-state index contributed by atoms with van der Waals surface area (Å²) in [5, 5.41) is 23.9. The van der Waals surface area contributed by atoms with Crippen LogP contribution in [0.5, 0.6) is 0 Å². The summed E-state index contributed by atoms with van der Waals surface area (Å²) >= 11 is 0. The van der Waals surface area contributed by atoms with Crippen molar-refractivity contribution in [2.24, 2.45) is 0 Å². The Hall–Kier alpha value is -3.79. The highest BCUT2D eigenvalue weighted by atomic mass is 19.1. The molecule has 1 aromatic carbocycles. The maximum absolute atomic E-state index is 14.6. The van der Waals surface area contributed by atoms with Gasteiger partial charge in [0.05, 0.1) is 18.1 Å². The van der Waals surface area contributed by atoms with Crippen molar-refractivity contribution in [3.05, 3.63) is 71.0 Å². The Morgan fingerprint density at radius 2 is 1.94 bits per heavy atom. The van der Waals surface area contributed by atoms with E-state index < -0.39 is 17.2 Å². The molecule has 0 radical (unpaired) electrons. The number of aromatic nitrogens is 2. The minimum absolute atomic E-state index is 0.118. The van der Waals surface area contributed by atoms with Crippen molar-refractivity contribution in [3.8, 4) is 0 Å². The lowest BCUT2D eigenvalue weighted by Gasteiger charge is -2.37. The molecule has 1 aliphatic rings. The number of aliphatic hydroxyl groups is 1. The Morgan fingerprint density at radius 1 is 1.21 bits per heavy atom. The lowest BCUT2D eigenvalue weighted by molar-refractivity contribution is -0.384. The molecule has 33 heavy (non-hydrogen) atoms. The largest absolute Gasteiger partial charge is 0.393 e. The SMILES string of the molecule is CN(c1ccncc1)c1ccc([N+](=O)[O-])c(Nc2ccc(N3CCCC(F)(CO)C3)cc2)n1. The number of alkyl halides is 1. The molecular formula is C23H25FN6O3. The number of nitro groups is 1. The zero-order valence-electron chi connectivity index (χ0n) is 18.2. The van der Waals surface area contributed by atoms with Crippen molar-refractivity contribution in [3.63, 3.8) is 0 Å². The molecule has 0 saturated carbocycles. The predicted molar refractivity (Wildman–Crippen MR) is 125 cm³/mol. The van der Waals surface area contributed by atoms with Crippen molar-refractivity contribution in [1.29, 1.82) is 0 Å². The van der Waals surface area contributed by atoms with Gasteiger partial charge in [-0.25, -0.2) is 9.37 Å². The molecule has 2 aromatic heterocycles. The van der Waals surface area contributed by atoms with E-state index in [9.17, 15) is 19.6 Å². The molecule has 3 aromatic rings. The molecule has 1 unspecified atom stereocenters. The van der Waals surface area contributed by atoms with Gasteiger partial charge in [0.1, 0.15) is 5.82 Å². The van der Waals surface area contributed by atoms with Gasteiger partial charge in [0.2, 0.25) is 5.82 Å². The van der Waals surface area contributed by atoms with Crippen molar-refractivity contribution in [2.75, 3.05) is 41.9 Å². The molecular weight excluding hydrogens is 427 g/mol. The summed E-state index contributed by atoms with van der Waals surface area (Å²) in [6.07, 6.45) is 4.33. The van der Waals surface area contributed by atoms with Crippen molar-refractivity contribution < 1.29 is 14.4 Å². The van der Waals surface area contributed by atoms with Gasteiger partial charge in [-0.2, -0.15) is 0 Å². The molecule has 172 valence electrons. The van der Waals surface area contributed by atoms with Crippen LogP contribution in [0.25, 0.3) is 0 Å². The van der Waals surface area contributed by atoms with Gasteiger partial charge in [0.25, 0.3) is 0 Å². The normalized spacial score (nSPS) is 18.1. The van der Waals surface area contributed by atoms with E-state index in [1.165, 1.54) is 6.07 Å². The second kappa shape index (κ2) is 9.37. The van der Waals surface area contributed by atoms with E-state index in [1.807, 2.05) is 36.2 Å². The zero-order valence-corrected chi connectivity index (χ0v) is 18.2. The third-order valence-corrected chi connectivity index (χ3v) is 5.76. The van der Waals surface area contributed by atoms with E-state index >= 15 is 0 Å². The number of hydrogen-bond donors (Lipinski definition) is 2. The highest BCUT2D eigenvalue weighted by molar-refractivity contribution is 5.71. The first kappa shape index (κ1) is 22.4. The van der Waals surface area contributed by atoms with Crippen LogP contribution in [0, 0.1) is 10.1 Å². The highest BCUT2D eigenvalue weighted by Gasteiger charge is 2.35. The van der Waals surface area contributed by atoms with Crippen LogP contribution >= 0.6 is 0 Å². The first-order chi connectivity index (χ1) is 15.9. The van der Waals surface area contributed by atoms with Crippen LogP contribution in [0.1, 0.15) is 12.8 Å². The lowest BCUT2D eigenvalue weighted by atomic mass is 9.95. The third kappa shape index (κ3) is 5.01. The molecule has 0 amide bonds. The highest BCUT2D eigenvalue weighted by Crippen LogP contribution is 2.32. The second-order valence-corrected chi connectivity index (χ2v) is 8.06. The van der Waals surface area contributed by atoms with E-state index in [-0.39, 0.29) is 18.1 Å². The molecule has 4 rings (SSSR count). The molecule has 10 heteroatoms. The molecule has 0 spiro atoms. The average molecular weight is 452 g/mol. The van der Waals surface area contributed by atoms with E-state index in [2.05, 4.69) is 15.3 Å².